The highest BCUT2D eigenvalue weighted by Crippen LogP contribution is 2.61. The van der Waals surface area contributed by atoms with Crippen LogP contribution < -0.4 is 0 Å². The number of allylic oxidation sites excluding steroid dienone is 5. The van der Waals surface area contributed by atoms with Gasteiger partial charge >= 0.3 is 0 Å². The smallest absolute Gasteiger partial charge is 0.129 e. The Balaban J connectivity index is 1.73. The molecule has 0 spiro atoms. The van der Waals surface area contributed by atoms with Crippen LogP contribution in [0.5, 0.6) is 0 Å². The second-order valence-electron chi connectivity index (χ2n) is 7.55. The number of rotatable bonds is 0. The van der Waals surface area contributed by atoms with Crippen molar-refractivity contribution in [3.63, 3.8) is 0 Å². The van der Waals surface area contributed by atoms with E-state index in [0.717, 1.165) is 31.3 Å². The second-order valence-corrected chi connectivity index (χ2v) is 7.55. The first-order chi connectivity index (χ1) is 10.6. The fraction of sp³-hybridized carbons (Fsp3) is 0.579. The molecule has 0 aromatic carbocycles. The summed E-state index contributed by atoms with van der Waals surface area (Å²) in [6.07, 6.45) is 12.9. The number of hydrogen-bond donors (Lipinski definition) is 3. The van der Waals surface area contributed by atoms with E-state index in [1.165, 1.54) is 11.8 Å². The third-order valence-electron chi connectivity index (χ3n) is 6.78. The Morgan fingerprint density at radius 3 is 2.82 bits per heavy atom. The average molecular weight is 300 g/mol. The molecular weight excluding hydrogens is 276 g/mol. The molecule has 0 bridgehead atoms. The van der Waals surface area contributed by atoms with Crippen LogP contribution in [-0.2, 0) is 0 Å². The molecule has 4 aliphatic rings. The summed E-state index contributed by atoms with van der Waals surface area (Å²) >= 11 is 0. The van der Waals surface area contributed by atoms with Gasteiger partial charge in [0.15, 0.2) is 0 Å². The SMILES string of the molecule is C[C@]12CC[C@H]3[C@@H](C=CC4=C(O)C(O)C=C[C@@H]43)[C@@H]1CCC2=CO. The molecule has 4 aliphatic carbocycles. The first-order valence-electron chi connectivity index (χ1n) is 8.37. The van der Waals surface area contributed by atoms with Crippen LogP contribution >= 0.6 is 0 Å². The maximum Gasteiger partial charge on any atom is 0.129 e. The van der Waals surface area contributed by atoms with Gasteiger partial charge in [-0.1, -0.05) is 31.2 Å². The van der Waals surface area contributed by atoms with Gasteiger partial charge in [0.25, 0.3) is 0 Å². The predicted octanol–water partition coefficient (Wildman–Crippen LogP) is 3.80. The summed E-state index contributed by atoms with van der Waals surface area (Å²) in [5.74, 6) is 1.92. The van der Waals surface area contributed by atoms with Gasteiger partial charge in [-0.15, -0.1) is 0 Å². The predicted molar refractivity (Wildman–Crippen MR) is 85.2 cm³/mol. The van der Waals surface area contributed by atoms with Crippen molar-refractivity contribution in [3.05, 3.63) is 47.5 Å². The Bertz CT molecular complexity index is 612. The van der Waals surface area contributed by atoms with Crippen LogP contribution in [0.25, 0.3) is 0 Å². The Morgan fingerprint density at radius 1 is 1.23 bits per heavy atom. The van der Waals surface area contributed by atoms with E-state index in [9.17, 15) is 15.3 Å². The topological polar surface area (TPSA) is 60.7 Å². The van der Waals surface area contributed by atoms with Gasteiger partial charge in [0.2, 0.25) is 0 Å². The molecule has 6 atom stereocenters. The first-order valence-corrected chi connectivity index (χ1v) is 8.37. The molecule has 3 nitrogen and oxygen atoms in total. The zero-order valence-electron chi connectivity index (χ0n) is 12.9. The highest BCUT2D eigenvalue weighted by Gasteiger charge is 2.53. The lowest BCUT2D eigenvalue weighted by Crippen LogP contribution is -2.43. The molecule has 0 heterocycles. The summed E-state index contributed by atoms with van der Waals surface area (Å²) < 4.78 is 0. The molecule has 1 unspecified atom stereocenters. The number of hydrogen-bond acceptors (Lipinski definition) is 3. The van der Waals surface area contributed by atoms with Crippen LogP contribution in [0.3, 0.4) is 0 Å². The van der Waals surface area contributed by atoms with Crippen molar-refractivity contribution in [1.29, 1.82) is 0 Å². The maximum absolute atomic E-state index is 10.2. The van der Waals surface area contributed by atoms with E-state index in [0.29, 0.717) is 17.8 Å². The zero-order valence-corrected chi connectivity index (χ0v) is 12.9. The van der Waals surface area contributed by atoms with Crippen LogP contribution in [0, 0.1) is 29.1 Å². The molecule has 0 aliphatic heterocycles. The van der Waals surface area contributed by atoms with Crippen LogP contribution in [-0.4, -0.2) is 21.4 Å². The molecule has 0 amide bonds. The molecular formula is C19H24O3. The minimum absolute atomic E-state index is 0.123. The highest BCUT2D eigenvalue weighted by atomic mass is 16.3. The van der Waals surface area contributed by atoms with Gasteiger partial charge in [0, 0.05) is 5.92 Å². The molecule has 0 aromatic heterocycles. The van der Waals surface area contributed by atoms with E-state index >= 15 is 0 Å². The Labute approximate surface area is 131 Å². The standard InChI is InChI=1S/C19H24O3/c1-19-9-8-13-12-5-7-17(21)18(22)15(12)4-3-14(13)16(19)6-2-11(19)10-20/h3-5,7,10,12-14,16-17,20-22H,2,6,8-9H2,1H3/t12-,13-,14-,16+,17?,19-/m1/s1. The van der Waals surface area contributed by atoms with Crippen molar-refractivity contribution >= 4 is 0 Å². The van der Waals surface area contributed by atoms with Gasteiger partial charge in [-0.25, -0.2) is 0 Å². The van der Waals surface area contributed by atoms with Crippen LogP contribution in [0.2, 0.25) is 0 Å². The minimum atomic E-state index is -0.850. The molecule has 0 saturated heterocycles. The first kappa shape index (κ1) is 14.1. The number of aliphatic hydroxyl groups excluding tert-OH is 3. The van der Waals surface area contributed by atoms with E-state index in [4.69, 9.17) is 0 Å². The average Bonchev–Trinajstić information content (AvgIpc) is 2.87. The molecule has 0 aromatic rings. The van der Waals surface area contributed by atoms with Crippen molar-refractivity contribution in [1.82, 2.24) is 0 Å². The minimum Gasteiger partial charge on any atom is -0.516 e. The lowest BCUT2D eigenvalue weighted by atomic mass is 9.54. The van der Waals surface area contributed by atoms with Gasteiger partial charge in [-0.3, -0.25) is 0 Å². The normalized spacial score (nSPS) is 48.3. The Hall–Kier alpha value is -1.48. The Morgan fingerprint density at radius 2 is 2.05 bits per heavy atom. The third kappa shape index (κ3) is 1.72. The zero-order chi connectivity index (χ0) is 15.5. The lowest BCUT2D eigenvalue weighted by Gasteiger charge is -2.50. The molecule has 2 fully saturated rings. The monoisotopic (exact) mass is 300 g/mol. The molecule has 4 rings (SSSR count). The quantitative estimate of drug-likeness (QED) is 0.471. The molecule has 3 N–H and O–H groups in total. The molecule has 0 radical (unpaired) electrons. The van der Waals surface area contributed by atoms with Crippen molar-refractivity contribution in [3.8, 4) is 0 Å². The molecule has 22 heavy (non-hydrogen) atoms. The fourth-order valence-corrected chi connectivity index (χ4v) is 5.53. The maximum atomic E-state index is 10.2. The molecule has 2 saturated carbocycles. The largest absolute Gasteiger partial charge is 0.516 e. The summed E-state index contributed by atoms with van der Waals surface area (Å²) in [6.45, 7) is 2.31. The summed E-state index contributed by atoms with van der Waals surface area (Å²) in [4.78, 5) is 0. The van der Waals surface area contributed by atoms with Crippen molar-refractivity contribution in [2.45, 2.75) is 38.7 Å². The van der Waals surface area contributed by atoms with Gasteiger partial charge in [-0.05, 0) is 60.0 Å². The van der Waals surface area contributed by atoms with Crippen molar-refractivity contribution in [2.75, 3.05) is 0 Å². The number of fused-ring (bicyclic) bond motifs is 5. The summed E-state index contributed by atoms with van der Waals surface area (Å²) in [6, 6.07) is 0. The van der Waals surface area contributed by atoms with E-state index in [-0.39, 0.29) is 17.1 Å². The Kier molecular flexibility index (Phi) is 3.06. The van der Waals surface area contributed by atoms with Crippen LogP contribution in [0.4, 0.5) is 0 Å². The van der Waals surface area contributed by atoms with Gasteiger partial charge in [-0.2, -0.15) is 0 Å². The van der Waals surface area contributed by atoms with Crippen molar-refractivity contribution in [2.24, 2.45) is 29.1 Å². The summed E-state index contributed by atoms with van der Waals surface area (Å²) in [5.41, 5.74) is 2.24. The van der Waals surface area contributed by atoms with E-state index in [1.807, 2.05) is 6.08 Å². The van der Waals surface area contributed by atoms with E-state index in [2.05, 4.69) is 19.1 Å². The third-order valence-corrected chi connectivity index (χ3v) is 6.78. The fourth-order valence-electron chi connectivity index (χ4n) is 5.53. The molecule has 118 valence electrons. The van der Waals surface area contributed by atoms with Gasteiger partial charge in [0.1, 0.15) is 11.9 Å². The summed E-state index contributed by atoms with van der Waals surface area (Å²) in [7, 11) is 0. The van der Waals surface area contributed by atoms with Crippen LogP contribution in [0.1, 0.15) is 32.6 Å². The summed E-state index contributed by atoms with van der Waals surface area (Å²) in [5, 5.41) is 29.5. The molecule has 3 heteroatoms. The van der Waals surface area contributed by atoms with Crippen molar-refractivity contribution < 1.29 is 15.3 Å². The number of aliphatic hydroxyl groups is 3. The van der Waals surface area contributed by atoms with Gasteiger partial charge in [0.05, 0.1) is 6.26 Å². The van der Waals surface area contributed by atoms with E-state index in [1.54, 1.807) is 6.08 Å². The van der Waals surface area contributed by atoms with Gasteiger partial charge < -0.3 is 15.3 Å². The highest BCUT2D eigenvalue weighted by molar-refractivity contribution is 5.40. The second kappa shape index (κ2) is 4.76. The lowest BCUT2D eigenvalue weighted by molar-refractivity contribution is 0.0665. The van der Waals surface area contributed by atoms with Crippen LogP contribution in [0.15, 0.2) is 47.5 Å². The van der Waals surface area contributed by atoms with E-state index < -0.39 is 6.10 Å².